The summed E-state index contributed by atoms with van der Waals surface area (Å²) in [6, 6.07) is 8.90. The monoisotopic (exact) mass is 267 g/mol. The lowest BCUT2D eigenvalue weighted by molar-refractivity contribution is 0.447. The molecule has 1 aliphatic carbocycles. The number of hydrogen-bond acceptors (Lipinski definition) is 3. The molecular formula is C17H21N3. The average Bonchev–Trinajstić information content (AvgIpc) is 2.88. The van der Waals surface area contributed by atoms with Gasteiger partial charge in [0.05, 0.1) is 0 Å². The standard InChI is InChI=1S/C17H21N3/c1-3-18-17(14-8-10-19-12(2)11-14)15-7-6-13-5-4-9-20-16(13)15/h4-5,8-11,15,17-18H,3,6-7H2,1-2H3. The Hall–Kier alpha value is -1.74. The van der Waals surface area contributed by atoms with Crippen LogP contribution in [0.5, 0.6) is 0 Å². The molecule has 3 nitrogen and oxygen atoms in total. The Morgan fingerprint density at radius 2 is 2.20 bits per heavy atom. The number of fused-ring (bicyclic) bond motifs is 1. The smallest absolute Gasteiger partial charge is 0.0485 e. The maximum atomic E-state index is 4.64. The number of likely N-dealkylation sites (N-methyl/N-ethyl adjacent to an activating group) is 1. The van der Waals surface area contributed by atoms with Crippen LogP contribution in [-0.2, 0) is 6.42 Å². The van der Waals surface area contributed by atoms with E-state index in [0.717, 1.165) is 18.7 Å². The van der Waals surface area contributed by atoms with Gasteiger partial charge in [0.25, 0.3) is 0 Å². The van der Waals surface area contributed by atoms with Gasteiger partial charge in [-0.05, 0) is 55.6 Å². The number of rotatable bonds is 4. The van der Waals surface area contributed by atoms with Crippen LogP contribution in [0.1, 0.15) is 47.8 Å². The molecule has 3 rings (SSSR count). The van der Waals surface area contributed by atoms with E-state index in [1.165, 1.54) is 23.2 Å². The largest absolute Gasteiger partial charge is 0.310 e. The van der Waals surface area contributed by atoms with Crippen LogP contribution in [0.15, 0.2) is 36.7 Å². The molecule has 1 N–H and O–H groups in total. The lowest BCUT2D eigenvalue weighted by Crippen LogP contribution is -2.26. The van der Waals surface area contributed by atoms with Gasteiger partial charge in [0.15, 0.2) is 0 Å². The van der Waals surface area contributed by atoms with Crippen molar-refractivity contribution in [3.8, 4) is 0 Å². The Kier molecular flexibility index (Phi) is 3.79. The molecule has 0 radical (unpaired) electrons. The van der Waals surface area contributed by atoms with Crippen LogP contribution in [0.3, 0.4) is 0 Å². The lowest BCUT2D eigenvalue weighted by atomic mass is 9.91. The highest BCUT2D eigenvalue weighted by Crippen LogP contribution is 2.40. The van der Waals surface area contributed by atoms with Gasteiger partial charge in [-0.25, -0.2) is 0 Å². The highest BCUT2D eigenvalue weighted by molar-refractivity contribution is 5.33. The van der Waals surface area contributed by atoms with Gasteiger partial charge < -0.3 is 5.32 Å². The first-order chi connectivity index (χ1) is 9.79. The van der Waals surface area contributed by atoms with Gasteiger partial charge in [-0.1, -0.05) is 13.0 Å². The van der Waals surface area contributed by atoms with Crippen LogP contribution in [0.4, 0.5) is 0 Å². The molecule has 2 unspecified atom stereocenters. The van der Waals surface area contributed by atoms with Gasteiger partial charge in [-0.15, -0.1) is 0 Å². The third-order valence-corrected chi connectivity index (χ3v) is 4.11. The fourth-order valence-corrected chi connectivity index (χ4v) is 3.24. The normalized spacial score (nSPS) is 18.8. The maximum absolute atomic E-state index is 4.64. The van der Waals surface area contributed by atoms with Crippen molar-refractivity contribution in [2.45, 2.75) is 38.6 Å². The van der Waals surface area contributed by atoms with Crippen LogP contribution in [0.2, 0.25) is 0 Å². The van der Waals surface area contributed by atoms with Gasteiger partial charge in [0.1, 0.15) is 0 Å². The minimum absolute atomic E-state index is 0.331. The molecule has 2 aromatic heterocycles. The number of pyridine rings is 2. The second-order valence-corrected chi connectivity index (χ2v) is 5.46. The molecule has 20 heavy (non-hydrogen) atoms. The summed E-state index contributed by atoms with van der Waals surface area (Å²) < 4.78 is 0. The SMILES string of the molecule is CCNC(c1ccnc(C)c1)C1CCc2cccnc21. The van der Waals surface area contributed by atoms with Gasteiger partial charge in [-0.2, -0.15) is 0 Å². The van der Waals surface area contributed by atoms with E-state index >= 15 is 0 Å². The Morgan fingerprint density at radius 3 is 3.00 bits per heavy atom. The Balaban J connectivity index is 1.96. The molecular weight excluding hydrogens is 246 g/mol. The first-order valence-electron chi connectivity index (χ1n) is 7.39. The highest BCUT2D eigenvalue weighted by Gasteiger charge is 2.31. The molecule has 0 amide bonds. The fourth-order valence-electron chi connectivity index (χ4n) is 3.24. The quantitative estimate of drug-likeness (QED) is 0.924. The number of aromatic nitrogens is 2. The van der Waals surface area contributed by atoms with E-state index in [2.05, 4.69) is 40.4 Å². The summed E-state index contributed by atoms with van der Waals surface area (Å²) in [6.45, 7) is 5.17. The van der Waals surface area contributed by atoms with E-state index in [-0.39, 0.29) is 0 Å². The molecule has 0 fully saturated rings. The summed E-state index contributed by atoms with van der Waals surface area (Å²) in [7, 11) is 0. The van der Waals surface area contributed by atoms with Gasteiger partial charge in [0, 0.05) is 35.7 Å². The van der Waals surface area contributed by atoms with Crippen molar-refractivity contribution < 1.29 is 0 Å². The zero-order valence-electron chi connectivity index (χ0n) is 12.1. The first-order valence-corrected chi connectivity index (χ1v) is 7.39. The fraction of sp³-hybridized carbons (Fsp3) is 0.412. The van der Waals surface area contributed by atoms with Crippen LogP contribution in [0.25, 0.3) is 0 Å². The number of nitrogens with zero attached hydrogens (tertiary/aromatic N) is 2. The molecule has 104 valence electrons. The van der Waals surface area contributed by atoms with Crippen molar-refractivity contribution in [3.63, 3.8) is 0 Å². The van der Waals surface area contributed by atoms with Crippen LogP contribution in [-0.4, -0.2) is 16.5 Å². The molecule has 0 saturated carbocycles. The third kappa shape index (κ3) is 2.46. The van der Waals surface area contributed by atoms with Crippen molar-refractivity contribution in [2.24, 2.45) is 0 Å². The summed E-state index contributed by atoms with van der Waals surface area (Å²) in [5.74, 6) is 0.466. The minimum Gasteiger partial charge on any atom is -0.310 e. The summed E-state index contributed by atoms with van der Waals surface area (Å²) in [4.78, 5) is 8.95. The number of nitrogens with one attached hydrogen (secondary N) is 1. The predicted molar refractivity (Wildman–Crippen MR) is 80.7 cm³/mol. The van der Waals surface area contributed by atoms with E-state index in [0.29, 0.717) is 12.0 Å². The zero-order chi connectivity index (χ0) is 13.9. The van der Waals surface area contributed by atoms with Crippen LogP contribution >= 0.6 is 0 Å². The third-order valence-electron chi connectivity index (χ3n) is 4.11. The molecule has 0 aromatic carbocycles. The predicted octanol–water partition coefficient (Wildman–Crippen LogP) is 3.17. The van der Waals surface area contributed by atoms with E-state index < -0.39 is 0 Å². The Labute approximate surface area is 120 Å². The first kappa shape index (κ1) is 13.3. The number of aryl methyl sites for hydroxylation is 2. The summed E-state index contributed by atoms with van der Waals surface area (Å²) in [5.41, 5.74) is 5.08. The Morgan fingerprint density at radius 1 is 1.30 bits per heavy atom. The van der Waals surface area contributed by atoms with Crippen molar-refractivity contribution >= 4 is 0 Å². The molecule has 0 bridgehead atoms. The molecule has 2 aromatic rings. The second-order valence-electron chi connectivity index (χ2n) is 5.46. The maximum Gasteiger partial charge on any atom is 0.0485 e. The van der Waals surface area contributed by atoms with Crippen LogP contribution < -0.4 is 5.32 Å². The van der Waals surface area contributed by atoms with Gasteiger partial charge >= 0.3 is 0 Å². The van der Waals surface area contributed by atoms with Gasteiger partial charge in [0.2, 0.25) is 0 Å². The zero-order valence-corrected chi connectivity index (χ0v) is 12.1. The van der Waals surface area contributed by atoms with E-state index in [1.807, 2.05) is 25.4 Å². The average molecular weight is 267 g/mol. The molecule has 1 aliphatic rings. The van der Waals surface area contributed by atoms with Crippen LogP contribution in [0, 0.1) is 6.92 Å². The molecule has 0 aliphatic heterocycles. The topological polar surface area (TPSA) is 37.8 Å². The van der Waals surface area contributed by atoms with E-state index in [9.17, 15) is 0 Å². The highest BCUT2D eigenvalue weighted by atomic mass is 14.9. The van der Waals surface area contributed by atoms with E-state index in [4.69, 9.17) is 0 Å². The second kappa shape index (κ2) is 5.71. The Bertz CT molecular complexity index is 594. The van der Waals surface area contributed by atoms with Crippen molar-refractivity contribution in [3.05, 3.63) is 59.2 Å². The molecule has 2 heterocycles. The molecule has 3 heteroatoms. The van der Waals surface area contributed by atoms with Crippen molar-refractivity contribution in [1.82, 2.24) is 15.3 Å². The molecule has 0 saturated heterocycles. The number of hydrogen-bond donors (Lipinski definition) is 1. The summed E-state index contributed by atoms with van der Waals surface area (Å²) in [5, 5.41) is 3.64. The van der Waals surface area contributed by atoms with Gasteiger partial charge in [-0.3, -0.25) is 9.97 Å². The lowest BCUT2D eigenvalue weighted by Gasteiger charge is -2.25. The van der Waals surface area contributed by atoms with E-state index in [1.54, 1.807) is 0 Å². The summed E-state index contributed by atoms with van der Waals surface area (Å²) >= 11 is 0. The summed E-state index contributed by atoms with van der Waals surface area (Å²) in [6.07, 6.45) is 6.13. The minimum atomic E-state index is 0.331. The molecule has 2 atom stereocenters. The van der Waals surface area contributed by atoms with Crippen molar-refractivity contribution in [1.29, 1.82) is 0 Å². The molecule has 0 spiro atoms. The van der Waals surface area contributed by atoms with Crippen molar-refractivity contribution in [2.75, 3.05) is 6.54 Å².